The Labute approximate surface area is 133 Å². The molecule has 1 amide bonds. The average molecular weight is 305 g/mol. The van der Waals surface area contributed by atoms with Crippen molar-refractivity contribution in [3.8, 4) is 0 Å². The van der Waals surface area contributed by atoms with Crippen LogP contribution in [0.2, 0.25) is 0 Å². The van der Waals surface area contributed by atoms with Crippen molar-refractivity contribution < 1.29 is 9.53 Å². The van der Waals surface area contributed by atoms with Gasteiger partial charge in [0.2, 0.25) is 0 Å². The van der Waals surface area contributed by atoms with Crippen molar-refractivity contribution in [2.45, 2.75) is 58.6 Å². The topological polar surface area (TPSA) is 54.5 Å². The Hall–Kier alpha value is -1.62. The van der Waals surface area contributed by atoms with Gasteiger partial charge >= 0.3 is 6.09 Å². The molecule has 0 unspecified atom stereocenters. The third-order valence-corrected chi connectivity index (χ3v) is 3.67. The number of rotatable bonds is 4. The standard InChI is InChI=1S/C17H27N3O2/c1-5-10-20-11-6-7-14(20)13-8-9-15(18-12-13)19-16(21)22-17(2,3)4/h8-9,12,14H,5-7,10-11H2,1-4H3,(H,18,19,21)/t14-/m0/s1. The molecule has 0 saturated carbocycles. The number of carbonyl (C=O) groups excluding carboxylic acids is 1. The molecule has 1 atom stereocenters. The van der Waals surface area contributed by atoms with E-state index in [1.54, 1.807) is 0 Å². The monoisotopic (exact) mass is 305 g/mol. The highest BCUT2D eigenvalue weighted by molar-refractivity contribution is 5.83. The normalized spacial score (nSPS) is 19.2. The van der Waals surface area contributed by atoms with Gasteiger partial charge in [-0.1, -0.05) is 13.0 Å². The molecule has 1 aromatic heterocycles. The predicted octanol–water partition coefficient (Wildman–Crippen LogP) is 3.98. The van der Waals surface area contributed by atoms with Crippen LogP contribution in [0.4, 0.5) is 10.6 Å². The van der Waals surface area contributed by atoms with E-state index >= 15 is 0 Å². The minimum Gasteiger partial charge on any atom is -0.444 e. The van der Waals surface area contributed by atoms with E-state index in [0.29, 0.717) is 11.9 Å². The molecule has 1 aromatic rings. The molecule has 5 nitrogen and oxygen atoms in total. The van der Waals surface area contributed by atoms with E-state index in [1.165, 1.54) is 24.8 Å². The molecule has 1 fully saturated rings. The largest absolute Gasteiger partial charge is 0.444 e. The quantitative estimate of drug-likeness (QED) is 0.914. The van der Waals surface area contributed by atoms with Crippen LogP contribution in [-0.4, -0.2) is 34.7 Å². The summed E-state index contributed by atoms with van der Waals surface area (Å²) >= 11 is 0. The summed E-state index contributed by atoms with van der Waals surface area (Å²) in [5.41, 5.74) is 0.717. The number of nitrogens with zero attached hydrogens (tertiary/aromatic N) is 2. The van der Waals surface area contributed by atoms with Crippen LogP contribution < -0.4 is 5.32 Å². The lowest BCUT2D eigenvalue weighted by atomic mass is 10.1. The fourth-order valence-corrected chi connectivity index (χ4v) is 2.84. The van der Waals surface area contributed by atoms with Crippen LogP contribution in [0.25, 0.3) is 0 Å². The number of carbonyl (C=O) groups is 1. The number of pyridine rings is 1. The average Bonchev–Trinajstić information content (AvgIpc) is 2.86. The molecule has 0 aliphatic carbocycles. The first-order valence-corrected chi connectivity index (χ1v) is 8.09. The lowest BCUT2D eigenvalue weighted by Gasteiger charge is -2.24. The summed E-state index contributed by atoms with van der Waals surface area (Å²) in [6.07, 6.45) is 4.98. The number of anilines is 1. The summed E-state index contributed by atoms with van der Waals surface area (Å²) in [5.74, 6) is 0.526. The van der Waals surface area contributed by atoms with Crippen LogP contribution in [0.3, 0.4) is 0 Å². The molecule has 122 valence electrons. The van der Waals surface area contributed by atoms with Gasteiger partial charge in [-0.15, -0.1) is 0 Å². The molecule has 0 spiro atoms. The Morgan fingerprint density at radius 3 is 2.82 bits per heavy atom. The molecular weight excluding hydrogens is 278 g/mol. The van der Waals surface area contributed by atoms with Gasteiger partial charge in [0.15, 0.2) is 0 Å². The second-order valence-corrected chi connectivity index (χ2v) is 6.80. The van der Waals surface area contributed by atoms with Gasteiger partial charge in [-0.3, -0.25) is 10.2 Å². The maximum Gasteiger partial charge on any atom is 0.413 e. The molecule has 1 aliphatic rings. The molecule has 1 saturated heterocycles. The molecule has 1 aliphatic heterocycles. The van der Waals surface area contributed by atoms with Crippen molar-refractivity contribution in [3.05, 3.63) is 23.9 Å². The summed E-state index contributed by atoms with van der Waals surface area (Å²) < 4.78 is 5.22. The van der Waals surface area contributed by atoms with E-state index in [-0.39, 0.29) is 0 Å². The van der Waals surface area contributed by atoms with Gasteiger partial charge in [-0.25, -0.2) is 9.78 Å². The van der Waals surface area contributed by atoms with Gasteiger partial charge in [-0.05, 0) is 64.8 Å². The molecule has 2 rings (SSSR count). The molecular formula is C17H27N3O2. The smallest absolute Gasteiger partial charge is 0.413 e. The summed E-state index contributed by atoms with van der Waals surface area (Å²) in [7, 11) is 0. The first-order valence-electron chi connectivity index (χ1n) is 8.09. The van der Waals surface area contributed by atoms with E-state index < -0.39 is 11.7 Å². The number of aromatic nitrogens is 1. The first-order chi connectivity index (χ1) is 10.4. The van der Waals surface area contributed by atoms with Crippen molar-refractivity contribution in [3.63, 3.8) is 0 Å². The van der Waals surface area contributed by atoms with Crippen LogP contribution >= 0.6 is 0 Å². The van der Waals surface area contributed by atoms with Gasteiger partial charge in [-0.2, -0.15) is 0 Å². The van der Waals surface area contributed by atoms with Crippen molar-refractivity contribution in [2.24, 2.45) is 0 Å². The zero-order valence-electron chi connectivity index (χ0n) is 14.1. The fourth-order valence-electron chi connectivity index (χ4n) is 2.84. The number of ether oxygens (including phenoxy) is 1. The van der Waals surface area contributed by atoms with Gasteiger partial charge in [0.1, 0.15) is 11.4 Å². The van der Waals surface area contributed by atoms with Crippen LogP contribution in [0, 0.1) is 0 Å². The summed E-state index contributed by atoms with van der Waals surface area (Å²) in [6.45, 7) is 10.0. The SMILES string of the molecule is CCCN1CCC[C@H]1c1ccc(NC(=O)OC(C)(C)C)nc1. The van der Waals surface area contributed by atoms with Crippen molar-refractivity contribution >= 4 is 11.9 Å². The highest BCUT2D eigenvalue weighted by Gasteiger charge is 2.25. The van der Waals surface area contributed by atoms with Gasteiger partial charge in [0.05, 0.1) is 0 Å². The van der Waals surface area contributed by atoms with Gasteiger partial charge in [0, 0.05) is 12.2 Å². The fraction of sp³-hybridized carbons (Fsp3) is 0.647. The lowest BCUT2D eigenvalue weighted by molar-refractivity contribution is 0.0635. The zero-order valence-corrected chi connectivity index (χ0v) is 14.1. The van der Waals surface area contributed by atoms with Crippen molar-refractivity contribution in [2.75, 3.05) is 18.4 Å². The molecule has 2 heterocycles. The van der Waals surface area contributed by atoms with Crippen LogP contribution in [0.5, 0.6) is 0 Å². The van der Waals surface area contributed by atoms with Crippen LogP contribution in [0.1, 0.15) is 58.6 Å². The van der Waals surface area contributed by atoms with Gasteiger partial charge in [0.25, 0.3) is 0 Å². The van der Waals surface area contributed by atoms with Crippen molar-refractivity contribution in [1.82, 2.24) is 9.88 Å². The van der Waals surface area contributed by atoms with E-state index in [4.69, 9.17) is 4.74 Å². The third kappa shape index (κ3) is 4.70. The summed E-state index contributed by atoms with van der Waals surface area (Å²) in [6, 6.07) is 4.36. The Bertz CT molecular complexity index is 494. The minimum absolute atomic E-state index is 0.461. The Balaban J connectivity index is 1.97. The van der Waals surface area contributed by atoms with Gasteiger partial charge < -0.3 is 4.74 Å². The molecule has 0 bridgehead atoms. The number of hydrogen-bond donors (Lipinski definition) is 1. The summed E-state index contributed by atoms with van der Waals surface area (Å²) in [5, 5.41) is 2.67. The Morgan fingerprint density at radius 2 is 2.23 bits per heavy atom. The zero-order chi connectivity index (χ0) is 16.2. The van der Waals surface area contributed by atoms with Crippen LogP contribution in [-0.2, 0) is 4.74 Å². The molecule has 1 N–H and O–H groups in total. The highest BCUT2D eigenvalue weighted by Crippen LogP contribution is 2.31. The highest BCUT2D eigenvalue weighted by atomic mass is 16.6. The molecule has 0 aromatic carbocycles. The number of likely N-dealkylation sites (tertiary alicyclic amines) is 1. The molecule has 0 radical (unpaired) electrons. The van der Waals surface area contributed by atoms with E-state index in [0.717, 1.165) is 13.1 Å². The minimum atomic E-state index is -0.505. The van der Waals surface area contributed by atoms with E-state index in [1.807, 2.05) is 33.0 Å². The van der Waals surface area contributed by atoms with E-state index in [9.17, 15) is 4.79 Å². The van der Waals surface area contributed by atoms with Crippen LogP contribution in [0.15, 0.2) is 18.3 Å². The summed E-state index contributed by atoms with van der Waals surface area (Å²) in [4.78, 5) is 18.6. The Kier molecular flexibility index (Phi) is 5.40. The third-order valence-electron chi connectivity index (χ3n) is 3.67. The molecule has 5 heteroatoms. The Morgan fingerprint density at radius 1 is 1.45 bits per heavy atom. The second-order valence-electron chi connectivity index (χ2n) is 6.80. The number of amides is 1. The predicted molar refractivity (Wildman–Crippen MR) is 87.9 cm³/mol. The van der Waals surface area contributed by atoms with Crippen molar-refractivity contribution in [1.29, 1.82) is 0 Å². The maximum absolute atomic E-state index is 11.7. The molecule has 22 heavy (non-hydrogen) atoms. The maximum atomic E-state index is 11.7. The lowest BCUT2D eigenvalue weighted by Crippen LogP contribution is -2.27. The number of nitrogens with one attached hydrogen (secondary N) is 1. The first kappa shape index (κ1) is 16.7. The number of hydrogen-bond acceptors (Lipinski definition) is 4. The van der Waals surface area contributed by atoms with E-state index in [2.05, 4.69) is 28.2 Å². The second kappa shape index (κ2) is 7.09.